The number of rotatable bonds is 6. The van der Waals surface area contributed by atoms with Crippen LogP contribution in [-0.4, -0.2) is 51.4 Å². The second-order valence-corrected chi connectivity index (χ2v) is 9.11. The van der Waals surface area contributed by atoms with E-state index in [2.05, 4.69) is 33.5 Å². The molecule has 3 aromatic rings. The first kappa shape index (κ1) is 20.3. The van der Waals surface area contributed by atoms with Gasteiger partial charge in [-0.1, -0.05) is 24.3 Å². The van der Waals surface area contributed by atoms with Crippen LogP contribution in [0.25, 0.3) is 11.0 Å². The number of anilines is 1. The molecule has 10 nitrogen and oxygen atoms in total. The average molecular weight is 446 g/mol. The Bertz CT molecular complexity index is 1210. The highest BCUT2D eigenvalue weighted by Gasteiger charge is 2.36. The fraction of sp³-hybridized carbons (Fsp3) is 0.400. The Labute approximate surface area is 179 Å². The molecule has 4 N–H and O–H groups in total. The summed E-state index contributed by atoms with van der Waals surface area (Å²) in [4.78, 5) is 8.84. The van der Waals surface area contributed by atoms with E-state index in [1.807, 2.05) is 23.1 Å². The molecule has 0 unspecified atom stereocenters. The zero-order valence-electron chi connectivity index (χ0n) is 16.5. The lowest BCUT2D eigenvalue weighted by Crippen LogP contribution is -2.36. The number of hydrogen-bond acceptors (Lipinski definition) is 7. The number of aromatic nitrogens is 3. The zero-order chi connectivity index (χ0) is 21.6. The fourth-order valence-corrected chi connectivity index (χ4v) is 4.82. The molecule has 1 saturated heterocycles. The molecule has 1 fully saturated rings. The SMILES string of the molecule is O=S(=O)(O)NC[C@@H]1O[C@@H](n2ccc3c(N[C@H]4CCc5ccccc54)ncnc32)C[C@@H]1O. The van der Waals surface area contributed by atoms with Gasteiger partial charge >= 0.3 is 10.3 Å². The molecule has 4 atom stereocenters. The van der Waals surface area contributed by atoms with Crippen molar-refractivity contribution >= 4 is 27.2 Å². The average Bonchev–Trinajstić information content (AvgIpc) is 3.43. The van der Waals surface area contributed by atoms with Crippen molar-refractivity contribution in [2.24, 2.45) is 0 Å². The molecule has 0 saturated carbocycles. The third-order valence-electron chi connectivity index (χ3n) is 5.93. The molecule has 1 aliphatic heterocycles. The maximum Gasteiger partial charge on any atom is 0.333 e. The minimum absolute atomic E-state index is 0.179. The van der Waals surface area contributed by atoms with E-state index in [0.29, 0.717) is 5.65 Å². The van der Waals surface area contributed by atoms with Gasteiger partial charge in [-0.05, 0) is 30.0 Å². The first-order chi connectivity index (χ1) is 14.9. The van der Waals surface area contributed by atoms with Gasteiger partial charge in [-0.15, -0.1) is 0 Å². The molecule has 5 rings (SSSR count). The van der Waals surface area contributed by atoms with Gasteiger partial charge in [-0.25, -0.2) is 9.97 Å². The van der Waals surface area contributed by atoms with Gasteiger partial charge in [0.1, 0.15) is 24.0 Å². The Balaban J connectivity index is 1.37. The monoisotopic (exact) mass is 445 g/mol. The second-order valence-electron chi connectivity index (χ2n) is 7.87. The molecule has 1 aliphatic carbocycles. The van der Waals surface area contributed by atoms with E-state index < -0.39 is 28.7 Å². The second kappa shape index (κ2) is 7.84. The van der Waals surface area contributed by atoms with Crippen molar-refractivity contribution in [1.82, 2.24) is 19.3 Å². The number of benzene rings is 1. The fourth-order valence-electron chi connectivity index (χ4n) is 4.45. The number of aryl methyl sites for hydroxylation is 1. The smallest absolute Gasteiger partial charge is 0.333 e. The Kier molecular flexibility index (Phi) is 5.15. The lowest BCUT2D eigenvalue weighted by molar-refractivity contribution is -0.0132. The van der Waals surface area contributed by atoms with Crippen LogP contribution in [-0.2, 0) is 21.5 Å². The first-order valence-electron chi connectivity index (χ1n) is 10.1. The normalized spacial score (nSPS) is 25.7. The summed E-state index contributed by atoms with van der Waals surface area (Å²) in [6, 6.07) is 10.5. The number of aliphatic hydroxyl groups excluding tert-OH is 1. The summed E-state index contributed by atoms with van der Waals surface area (Å²) in [5.41, 5.74) is 3.29. The Hall–Kier alpha value is -2.57. The molecular weight excluding hydrogens is 422 g/mol. The number of aliphatic hydroxyl groups is 1. The highest BCUT2D eigenvalue weighted by molar-refractivity contribution is 7.83. The lowest BCUT2D eigenvalue weighted by Gasteiger charge is -2.17. The quantitative estimate of drug-likeness (QED) is 0.420. The Morgan fingerprint density at radius 3 is 2.90 bits per heavy atom. The zero-order valence-corrected chi connectivity index (χ0v) is 17.4. The maximum absolute atomic E-state index is 10.9. The summed E-state index contributed by atoms with van der Waals surface area (Å²) in [7, 11) is -4.36. The molecule has 2 aliphatic rings. The van der Waals surface area contributed by atoms with Crippen LogP contribution in [0.1, 0.15) is 36.2 Å². The van der Waals surface area contributed by atoms with E-state index in [-0.39, 0.29) is 19.0 Å². The topological polar surface area (TPSA) is 139 Å². The summed E-state index contributed by atoms with van der Waals surface area (Å²) < 4.78 is 40.3. The van der Waals surface area contributed by atoms with Crippen molar-refractivity contribution in [1.29, 1.82) is 0 Å². The van der Waals surface area contributed by atoms with Gasteiger partial charge in [0.05, 0.1) is 23.6 Å². The molecule has 3 heterocycles. The molecule has 0 bridgehead atoms. The van der Waals surface area contributed by atoms with E-state index in [0.717, 1.165) is 24.0 Å². The van der Waals surface area contributed by atoms with Gasteiger partial charge < -0.3 is 19.7 Å². The number of hydrogen-bond donors (Lipinski definition) is 4. The van der Waals surface area contributed by atoms with Crippen molar-refractivity contribution < 1.29 is 22.8 Å². The van der Waals surface area contributed by atoms with Crippen molar-refractivity contribution in [2.75, 3.05) is 11.9 Å². The molecular formula is C20H23N5O5S. The van der Waals surface area contributed by atoms with Gasteiger partial charge in [-0.2, -0.15) is 13.1 Å². The third kappa shape index (κ3) is 4.02. The summed E-state index contributed by atoms with van der Waals surface area (Å²) in [5.74, 6) is 0.730. The maximum atomic E-state index is 10.9. The van der Waals surface area contributed by atoms with Crippen molar-refractivity contribution in [3.8, 4) is 0 Å². The summed E-state index contributed by atoms with van der Waals surface area (Å²) in [6.07, 6.45) is 3.42. The molecule has 11 heteroatoms. The van der Waals surface area contributed by atoms with Crippen LogP contribution in [0.2, 0.25) is 0 Å². The minimum Gasteiger partial charge on any atom is -0.390 e. The third-order valence-corrected chi connectivity index (χ3v) is 6.47. The van der Waals surface area contributed by atoms with E-state index in [1.54, 1.807) is 4.57 Å². The van der Waals surface area contributed by atoms with Crippen LogP contribution in [0.15, 0.2) is 42.9 Å². The van der Waals surface area contributed by atoms with Gasteiger partial charge in [0.15, 0.2) is 0 Å². The number of nitrogens with zero attached hydrogens (tertiary/aromatic N) is 3. The number of nitrogens with one attached hydrogen (secondary N) is 2. The molecule has 1 aromatic carbocycles. The van der Waals surface area contributed by atoms with E-state index in [4.69, 9.17) is 9.29 Å². The van der Waals surface area contributed by atoms with E-state index in [1.165, 1.54) is 17.5 Å². The van der Waals surface area contributed by atoms with Crippen LogP contribution in [0, 0.1) is 0 Å². The van der Waals surface area contributed by atoms with Gasteiger partial charge in [0.2, 0.25) is 0 Å². The predicted molar refractivity (Wildman–Crippen MR) is 113 cm³/mol. The summed E-state index contributed by atoms with van der Waals surface area (Å²) in [5, 5.41) is 14.6. The summed E-state index contributed by atoms with van der Waals surface area (Å²) >= 11 is 0. The van der Waals surface area contributed by atoms with E-state index in [9.17, 15) is 13.5 Å². The lowest BCUT2D eigenvalue weighted by atomic mass is 10.1. The molecule has 31 heavy (non-hydrogen) atoms. The highest BCUT2D eigenvalue weighted by atomic mass is 32.2. The number of fused-ring (bicyclic) bond motifs is 2. The Morgan fingerprint density at radius 1 is 1.23 bits per heavy atom. The molecule has 164 valence electrons. The van der Waals surface area contributed by atoms with Crippen molar-refractivity contribution in [3.63, 3.8) is 0 Å². The van der Waals surface area contributed by atoms with Gasteiger partial charge in [-0.3, -0.25) is 4.55 Å². The van der Waals surface area contributed by atoms with E-state index >= 15 is 0 Å². The van der Waals surface area contributed by atoms with Gasteiger partial charge in [0.25, 0.3) is 0 Å². The highest BCUT2D eigenvalue weighted by Crippen LogP contribution is 2.36. The van der Waals surface area contributed by atoms with Crippen LogP contribution in [0.5, 0.6) is 0 Å². The van der Waals surface area contributed by atoms with Crippen molar-refractivity contribution in [3.05, 3.63) is 54.0 Å². The predicted octanol–water partition coefficient (Wildman–Crippen LogP) is 1.57. The molecule has 0 radical (unpaired) electrons. The minimum atomic E-state index is -4.36. The van der Waals surface area contributed by atoms with Crippen LogP contribution < -0.4 is 10.0 Å². The molecule has 0 amide bonds. The largest absolute Gasteiger partial charge is 0.390 e. The molecule has 2 aromatic heterocycles. The number of ether oxygens (including phenoxy) is 1. The Morgan fingerprint density at radius 2 is 2.06 bits per heavy atom. The van der Waals surface area contributed by atoms with Gasteiger partial charge in [0, 0.05) is 19.2 Å². The van der Waals surface area contributed by atoms with Crippen LogP contribution >= 0.6 is 0 Å². The van der Waals surface area contributed by atoms with Crippen LogP contribution in [0.3, 0.4) is 0 Å². The van der Waals surface area contributed by atoms with Crippen LogP contribution in [0.4, 0.5) is 5.82 Å². The summed E-state index contributed by atoms with van der Waals surface area (Å²) in [6.45, 7) is -0.224. The van der Waals surface area contributed by atoms with Crippen molar-refractivity contribution in [2.45, 2.75) is 43.7 Å². The standard InChI is InChI=1S/C20H23N5O5S/c26-16-9-18(30-17(16)10-23-31(27,28)29)25-8-7-14-19(21-11-22-20(14)25)24-15-6-5-12-3-1-2-4-13(12)15/h1-4,7-8,11,15-18,23,26H,5-6,9-10H2,(H,21,22,24)(H,27,28,29)/t15-,16-,17-,18+/m0/s1. The first-order valence-corrected chi connectivity index (χ1v) is 11.5. The molecule has 0 spiro atoms.